The van der Waals surface area contributed by atoms with E-state index in [0.29, 0.717) is 22.4 Å². The van der Waals surface area contributed by atoms with Crippen LogP contribution in [0.25, 0.3) is 0 Å². The molecule has 0 bridgehead atoms. The Bertz CT molecular complexity index is 1270. The van der Waals surface area contributed by atoms with Gasteiger partial charge in [0.25, 0.3) is 0 Å². The van der Waals surface area contributed by atoms with E-state index in [1.807, 2.05) is 54.6 Å². The molecule has 0 saturated carbocycles. The number of ether oxygens (including phenoxy) is 1. The molecule has 166 valence electrons. The van der Waals surface area contributed by atoms with Crippen molar-refractivity contribution >= 4 is 23.3 Å². The van der Waals surface area contributed by atoms with Crippen molar-refractivity contribution in [1.82, 2.24) is 5.32 Å². The number of benzene rings is 3. The third kappa shape index (κ3) is 3.13. The highest BCUT2D eigenvalue weighted by atomic mass is 16.5. The molecule has 1 heterocycles. The van der Waals surface area contributed by atoms with Crippen molar-refractivity contribution in [3.8, 4) is 5.75 Å². The summed E-state index contributed by atoms with van der Waals surface area (Å²) in [6.45, 7) is 0.271. The van der Waals surface area contributed by atoms with Crippen LogP contribution in [0.1, 0.15) is 33.0 Å². The Kier molecular flexibility index (Phi) is 5.01. The van der Waals surface area contributed by atoms with Crippen molar-refractivity contribution in [2.24, 2.45) is 5.41 Å². The first-order valence-electron chi connectivity index (χ1n) is 10.9. The lowest BCUT2D eigenvalue weighted by Crippen LogP contribution is -2.51. The average Bonchev–Trinajstić information content (AvgIpc) is 3.29. The molecule has 1 N–H and O–H groups in total. The van der Waals surface area contributed by atoms with Crippen molar-refractivity contribution in [3.05, 3.63) is 95.1 Å². The number of anilines is 1. The first kappa shape index (κ1) is 20.9. The molecule has 0 unspecified atom stereocenters. The smallest absolute Gasteiger partial charge is 0.235 e. The summed E-state index contributed by atoms with van der Waals surface area (Å²) >= 11 is 0. The van der Waals surface area contributed by atoms with E-state index >= 15 is 0 Å². The number of fused-ring (bicyclic) bond motifs is 2. The number of Topliss-reactive ketones (excluding diaryl/α,β-unsaturated/α-hetero) is 1. The van der Waals surface area contributed by atoms with Crippen LogP contribution in [0.3, 0.4) is 0 Å². The minimum absolute atomic E-state index is 0.136. The fourth-order valence-electron chi connectivity index (χ4n) is 5.13. The first-order valence-corrected chi connectivity index (χ1v) is 10.9. The molecule has 3 aromatic carbocycles. The van der Waals surface area contributed by atoms with Gasteiger partial charge in [-0.05, 0) is 47.4 Å². The maximum atomic E-state index is 13.9. The maximum Gasteiger partial charge on any atom is 0.235 e. The van der Waals surface area contributed by atoms with E-state index in [1.165, 1.54) is 0 Å². The molecule has 6 nitrogen and oxygen atoms in total. The Morgan fingerprint density at radius 1 is 1.06 bits per heavy atom. The van der Waals surface area contributed by atoms with Crippen LogP contribution in [0, 0.1) is 5.41 Å². The lowest BCUT2D eigenvalue weighted by atomic mass is 9.68. The number of nitrogens with one attached hydrogen (secondary N) is 1. The van der Waals surface area contributed by atoms with Crippen LogP contribution in [0.2, 0.25) is 0 Å². The highest BCUT2D eigenvalue weighted by molar-refractivity contribution is 6.23. The first-order chi connectivity index (χ1) is 16.0. The third-order valence-corrected chi connectivity index (χ3v) is 6.81. The van der Waals surface area contributed by atoms with Gasteiger partial charge in [-0.15, -0.1) is 0 Å². The second-order valence-corrected chi connectivity index (χ2v) is 8.56. The Labute approximate surface area is 192 Å². The third-order valence-electron chi connectivity index (χ3n) is 6.81. The molecular formula is C27H24N2O4. The van der Waals surface area contributed by atoms with E-state index in [0.717, 1.165) is 11.3 Å². The predicted octanol–water partition coefficient (Wildman–Crippen LogP) is 3.50. The molecule has 0 radical (unpaired) electrons. The number of amides is 2. The van der Waals surface area contributed by atoms with E-state index in [-0.39, 0.29) is 24.7 Å². The lowest BCUT2D eigenvalue weighted by molar-refractivity contribution is -0.134. The monoisotopic (exact) mass is 440 g/mol. The number of carbonyl (C=O) groups excluding carboxylic acids is 3. The van der Waals surface area contributed by atoms with Crippen LogP contribution in [0.4, 0.5) is 5.69 Å². The van der Waals surface area contributed by atoms with E-state index in [9.17, 15) is 14.4 Å². The fourth-order valence-corrected chi connectivity index (χ4v) is 5.13. The number of carbonyl (C=O) groups is 3. The van der Waals surface area contributed by atoms with E-state index in [4.69, 9.17) is 4.74 Å². The number of ketones is 1. The van der Waals surface area contributed by atoms with Gasteiger partial charge >= 0.3 is 0 Å². The molecule has 3 aromatic rings. The van der Waals surface area contributed by atoms with Crippen LogP contribution >= 0.6 is 0 Å². The van der Waals surface area contributed by atoms with Crippen molar-refractivity contribution in [3.63, 3.8) is 0 Å². The number of rotatable bonds is 5. The molecule has 2 aliphatic rings. The summed E-state index contributed by atoms with van der Waals surface area (Å²) in [5.41, 5.74) is 1.96. The molecule has 5 rings (SSSR count). The van der Waals surface area contributed by atoms with Crippen LogP contribution in [-0.4, -0.2) is 31.8 Å². The number of methoxy groups -OCH3 is 1. The quantitative estimate of drug-likeness (QED) is 0.617. The number of likely N-dealkylation sites (N-methyl/N-ethyl adjacent to an activating group) is 1. The van der Waals surface area contributed by atoms with Gasteiger partial charge in [-0.2, -0.15) is 0 Å². The van der Waals surface area contributed by atoms with Gasteiger partial charge in [0.15, 0.2) is 5.78 Å². The highest BCUT2D eigenvalue weighted by Gasteiger charge is 2.62. The molecule has 0 saturated heterocycles. The maximum absolute atomic E-state index is 13.9. The zero-order chi connectivity index (χ0) is 23.2. The topological polar surface area (TPSA) is 75.7 Å². The standard InChI is InChI=1S/C27H24N2O4/c1-29-22-11-7-6-10-21(22)23(25(29)31)27(26(32)28-16-17-8-4-3-5-9-17)15-18-14-19(33-2)12-13-20(18)24(27)30/h3-14,23H,15-16H2,1-2H3,(H,28,32)/t23-,27-/m0/s1. The van der Waals surface area contributed by atoms with E-state index in [2.05, 4.69) is 5.32 Å². The van der Waals surface area contributed by atoms with Gasteiger partial charge in [0.05, 0.1) is 13.0 Å². The molecule has 1 aliphatic heterocycles. The molecule has 2 atom stereocenters. The van der Waals surface area contributed by atoms with Crippen molar-refractivity contribution in [1.29, 1.82) is 0 Å². The molecule has 33 heavy (non-hydrogen) atoms. The second kappa shape index (κ2) is 7.89. The van der Waals surface area contributed by atoms with Gasteiger partial charge in [0, 0.05) is 24.8 Å². The minimum Gasteiger partial charge on any atom is -0.497 e. The van der Waals surface area contributed by atoms with Crippen LogP contribution in [0.15, 0.2) is 72.8 Å². The van der Waals surface area contributed by atoms with Gasteiger partial charge in [-0.1, -0.05) is 48.5 Å². The fraction of sp³-hybridized carbons (Fsp3) is 0.222. The second-order valence-electron chi connectivity index (χ2n) is 8.56. The molecular weight excluding hydrogens is 416 g/mol. The molecule has 0 spiro atoms. The molecule has 1 aliphatic carbocycles. The summed E-state index contributed by atoms with van der Waals surface area (Å²) in [5.74, 6) is -1.30. The van der Waals surface area contributed by atoms with Gasteiger partial charge in [0.1, 0.15) is 11.2 Å². The van der Waals surface area contributed by atoms with Gasteiger partial charge in [-0.3, -0.25) is 14.4 Å². The lowest BCUT2D eigenvalue weighted by Gasteiger charge is -2.31. The normalized spacial score (nSPS) is 21.0. The minimum atomic E-state index is -1.57. The largest absolute Gasteiger partial charge is 0.497 e. The summed E-state index contributed by atoms with van der Waals surface area (Å²) in [6, 6.07) is 22.1. The van der Waals surface area contributed by atoms with Gasteiger partial charge < -0.3 is 15.0 Å². The van der Waals surface area contributed by atoms with Crippen LogP contribution in [-0.2, 0) is 22.6 Å². The average molecular weight is 440 g/mol. The summed E-state index contributed by atoms with van der Waals surface area (Å²) < 4.78 is 5.34. The van der Waals surface area contributed by atoms with E-state index < -0.39 is 17.2 Å². The number of hydrogen-bond donors (Lipinski definition) is 1. The van der Waals surface area contributed by atoms with E-state index in [1.54, 1.807) is 37.3 Å². The predicted molar refractivity (Wildman–Crippen MR) is 124 cm³/mol. The molecule has 0 aromatic heterocycles. The Balaban J connectivity index is 1.61. The zero-order valence-electron chi connectivity index (χ0n) is 18.5. The number of nitrogens with zero attached hydrogens (tertiary/aromatic N) is 1. The van der Waals surface area contributed by atoms with Crippen molar-refractivity contribution in [2.45, 2.75) is 18.9 Å². The Morgan fingerprint density at radius 3 is 2.55 bits per heavy atom. The van der Waals surface area contributed by atoms with Crippen molar-refractivity contribution in [2.75, 3.05) is 19.1 Å². The molecule has 2 amide bonds. The highest BCUT2D eigenvalue weighted by Crippen LogP contribution is 2.53. The Hall–Kier alpha value is -3.93. The van der Waals surface area contributed by atoms with Crippen molar-refractivity contribution < 1.29 is 19.1 Å². The SMILES string of the molecule is COc1ccc2c(c1)C[C@](C(=O)NCc1ccccc1)([C@@H]1C(=O)N(C)c3ccccc31)C2=O. The summed E-state index contributed by atoms with van der Waals surface area (Å²) in [7, 11) is 3.25. The van der Waals surface area contributed by atoms with Gasteiger partial charge in [-0.25, -0.2) is 0 Å². The molecule has 0 fully saturated rings. The van der Waals surface area contributed by atoms with Crippen LogP contribution < -0.4 is 15.0 Å². The summed E-state index contributed by atoms with van der Waals surface area (Å²) in [5, 5.41) is 2.96. The number of hydrogen-bond acceptors (Lipinski definition) is 4. The van der Waals surface area contributed by atoms with Gasteiger partial charge in [0.2, 0.25) is 11.8 Å². The Morgan fingerprint density at radius 2 is 1.79 bits per heavy atom. The summed E-state index contributed by atoms with van der Waals surface area (Å²) in [6.07, 6.45) is 0.136. The summed E-state index contributed by atoms with van der Waals surface area (Å²) in [4.78, 5) is 42.9. The zero-order valence-corrected chi connectivity index (χ0v) is 18.5. The number of para-hydroxylation sites is 1. The molecule has 6 heteroatoms. The van der Waals surface area contributed by atoms with Crippen LogP contribution in [0.5, 0.6) is 5.75 Å².